The molecule has 0 spiro atoms. The van der Waals surface area contributed by atoms with Crippen molar-refractivity contribution in [1.29, 1.82) is 0 Å². The number of hydrogen-bond acceptors (Lipinski definition) is 2. The van der Waals surface area contributed by atoms with Crippen molar-refractivity contribution >= 4 is 17.6 Å². The standard InChI is InChI=1S/C13H18ClN3O/c1-3-7-16-13(15-2)17-8-9-18-12-6-4-5-11(14)10-12/h3-6,10H,1,7-9H2,2H3,(H2,15,16,17). The molecule has 2 N–H and O–H groups in total. The molecular weight excluding hydrogens is 250 g/mol. The van der Waals surface area contributed by atoms with Crippen molar-refractivity contribution in [2.45, 2.75) is 0 Å². The van der Waals surface area contributed by atoms with Gasteiger partial charge in [0.2, 0.25) is 0 Å². The SMILES string of the molecule is C=CCNC(=NC)NCCOc1cccc(Cl)c1. The first-order chi connectivity index (χ1) is 8.76. The third kappa shape index (κ3) is 5.59. The van der Waals surface area contributed by atoms with Crippen molar-refractivity contribution in [2.24, 2.45) is 4.99 Å². The molecule has 0 aromatic heterocycles. The van der Waals surface area contributed by atoms with E-state index in [-0.39, 0.29) is 0 Å². The maximum Gasteiger partial charge on any atom is 0.191 e. The van der Waals surface area contributed by atoms with Crippen molar-refractivity contribution in [2.75, 3.05) is 26.7 Å². The minimum absolute atomic E-state index is 0.537. The van der Waals surface area contributed by atoms with E-state index in [4.69, 9.17) is 16.3 Å². The van der Waals surface area contributed by atoms with E-state index in [1.807, 2.05) is 18.2 Å². The van der Waals surface area contributed by atoms with Crippen LogP contribution in [0.1, 0.15) is 0 Å². The van der Waals surface area contributed by atoms with Crippen LogP contribution in [-0.4, -0.2) is 32.7 Å². The molecule has 0 heterocycles. The van der Waals surface area contributed by atoms with E-state index in [0.29, 0.717) is 24.7 Å². The van der Waals surface area contributed by atoms with Crippen molar-refractivity contribution in [3.05, 3.63) is 41.9 Å². The molecule has 0 atom stereocenters. The zero-order valence-corrected chi connectivity index (χ0v) is 11.2. The molecule has 1 rings (SSSR count). The van der Waals surface area contributed by atoms with E-state index in [2.05, 4.69) is 22.2 Å². The Hall–Kier alpha value is -1.68. The van der Waals surface area contributed by atoms with E-state index >= 15 is 0 Å². The molecule has 0 aliphatic heterocycles. The highest BCUT2D eigenvalue weighted by Gasteiger charge is 1.97. The number of nitrogens with one attached hydrogen (secondary N) is 2. The van der Waals surface area contributed by atoms with E-state index in [1.54, 1.807) is 19.2 Å². The van der Waals surface area contributed by atoms with Crippen LogP contribution in [0, 0.1) is 0 Å². The van der Waals surface area contributed by atoms with Gasteiger partial charge in [0.25, 0.3) is 0 Å². The Morgan fingerprint density at radius 2 is 2.33 bits per heavy atom. The molecule has 1 aromatic rings. The number of nitrogens with zero attached hydrogens (tertiary/aromatic N) is 1. The molecule has 5 heteroatoms. The Morgan fingerprint density at radius 1 is 1.50 bits per heavy atom. The third-order valence-electron chi connectivity index (χ3n) is 2.10. The molecule has 0 saturated carbocycles. The monoisotopic (exact) mass is 267 g/mol. The van der Waals surface area contributed by atoms with Crippen LogP contribution in [0.5, 0.6) is 5.75 Å². The van der Waals surface area contributed by atoms with Crippen LogP contribution in [0.2, 0.25) is 5.02 Å². The Kier molecular flexibility index (Phi) is 6.72. The van der Waals surface area contributed by atoms with Gasteiger partial charge in [0.1, 0.15) is 12.4 Å². The van der Waals surface area contributed by atoms with Crippen molar-refractivity contribution in [3.63, 3.8) is 0 Å². The van der Waals surface area contributed by atoms with Crippen molar-refractivity contribution < 1.29 is 4.74 Å². The predicted molar refractivity (Wildman–Crippen MR) is 76.5 cm³/mol. The lowest BCUT2D eigenvalue weighted by atomic mass is 10.3. The molecular formula is C13H18ClN3O. The third-order valence-corrected chi connectivity index (χ3v) is 2.33. The highest BCUT2D eigenvalue weighted by atomic mass is 35.5. The Labute approximate surface area is 113 Å². The molecule has 0 amide bonds. The summed E-state index contributed by atoms with van der Waals surface area (Å²) in [5, 5.41) is 6.86. The first kappa shape index (κ1) is 14.4. The quantitative estimate of drug-likeness (QED) is 0.359. The molecule has 0 aliphatic carbocycles. The minimum atomic E-state index is 0.537. The van der Waals surface area contributed by atoms with Gasteiger partial charge in [0.05, 0.1) is 6.54 Å². The van der Waals surface area contributed by atoms with Gasteiger partial charge in [-0.3, -0.25) is 4.99 Å². The van der Waals surface area contributed by atoms with Gasteiger partial charge >= 0.3 is 0 Å². The average Bonchev–Trinajstić information content (AvgIpc) is 2.38. The largest absolute Gasteiger partial charge is 0.492 e. The van der Waals surface area contributed by atoms with Crippen LogP contribution in [0.15, 0.2) is 41.9 Å². The van der Waals surface area contributed by atoms with Crippen LogP contribution < -0.4 is 15.4 Å². The van der Waals surface area contributed by atoms with Crippen LogP contribution in [0.4, 0.5) is 0 Å². The molecule has 0 aliphatic rings. The molecule has 98 valence electrons. The van der Waals surface area contributed by atoms with Gasteiger partial charge in [-0.1, -0.05) is 23.7 Å². The first-order valence-corrected chi connectivity index (χ1v) is 6.08. The second kappa shape index (κ2) is 8.42. The molecule has 0 saturated heterocycles. The summed E-state index contributed by atoms with van der Waals surface area (Å²) in [6, 6.07) is 7.33. The molecule has 0 radical (unpaired) electrons. The second-order valence-corrected chi connectivity index (χ2v) is 3.91. The fourth-order valence-electron chi connectivity index (χ4n) is 1.28. The summed E-state index contributed by atoms with van der Waals surface area (Å²) in [6.07, 6.45) is 1.77. The van der Waals surface area contributed by atoms with Crippen molar-refractivity contribution in [3.8, 4) is 5.75 Å². The van der Waals surface area contributed by atoms with Crippen LogP contribution in [-0.2, 0) is 0 Å². The Morgan fingerprint density at radius 3 is 3.00 bits per heavy atom. The number of ether oxygens (including phenoxy) is 1. The molecule has 1 aromatic carbocycles. The normalized spacial score (nSPS) is 10.9. The zero-order chi connectivity index (χ0) is 13.2. The average molecular weight is 268 g/mol. The number of halogens is 1. The molecule has 4 nitrogen and oxygen atoms in total. The topological polar surface area (TPSA) is 45.7 Å². The van der Waals surface area contributed by atoms with Crippen LogP contribution in [0.25, 0.3) is 0 Å². The summed E-state index contributed by atoms with van der Waals surface area (Å²) in [7, 11) is 1.72. The number of guanidine groups is 1. The predicted octanol–water partition coefficient (Wildman–Crippen LogP) is 2.07. The maximum atomic E-state index is 5.85. The molecule has 18 heavy (non-hydrogen) atoms. The van der Waals surface area contributed by atoms with Gasteiger partial charge in [-0.15, -0.1) is 6.58 Å². The second-order valence-electron chi connectivity index (χ2n) is 3.47. The van der Waals surface area contributed by atoms with Crippen LogP contribution >= 0.6 is 11.6 Å². The Bertz CT molecular complexity index is 407. The van der Waals surface area contributed by atoms with Gasteiger partial charge < -0.3 is 15.4 Å². The van der Waals surface area contributed by atoms with E-state index in [9.17, 15) is 0 Å². The number of aliphatic imine (C=N–C) groups is 1. The maximum absolute atomic E-state index is 5.85. The number of benzene rings is 1. The summed E-state index contributed by atoms with van der Waals surface area (Å²) in [5.41, 5.74) is 0. The Balaban J connectivity index is 2.23. The highest BCUT2D eigenvalue weighted by Crippen LogP contribution is 2.16. The highest BCUT2D eigenvalue weighted by molar-refractivity contribution is 6.30. The smallest absolute Gasteiger partial charge is 0.191 e. The van der Waals surface area contributed by atoms with Crippen LogP contribution in [0.3, 0.4) is 0 Å². The first-order valence-electron chi connectivity index (χ1n) is 5.70. The lowest BCUT2D eigenvalue weighted by molar-refractivity contribution is 0.322. The summed E-state index contributed by atoms with van der Waals surface area (Å²) in [6.45, 7) is 5.50. The summed E-state index contributed by atoms with van der Waals surface area (Å²) < 4.78 is 5.54. The van der Waals surface area contributed by atoms with Gasteiger partial charge in [-0.2, -0.15) is 0 Å². The lowest BCUT2D eigenvalue weighted by Crippen LogP contribution is -2.39. The van der Waals surface area contributed by atoms with Crippen molar-refractivity contribution in [1.82, 2.24) is 10.6 Å². The molecule has 0 unspecified atom stereocenters. The fourth-order valence-corrected chi connectivity index (χ4v) is 1.46. The minimum Gasteiger partial charge on any atom is -0.492 e. The molecule has 0 bridgehead atoms. The number of hydrogen-bond donors (Lipinski definition) is 2. The van der Waals surface area contributed by atoms with Gasteiger partial charge in [0.15, 0.2) is 5.96 Å². The lowest BCUT2D eigenvalue weighted by Gasteiger charge is -2.11. The van der Waals surface area contributed by atoms with E-state index in [1.165, 1.54) is 0 Å². The van der Waals surface area contributed by atoms with E-state index in [0.717, 1.165) is 11.7 Å². The fraction of sp³-hybridized carbons (Fsp3) is 0.308. The number of rotatable bonds is 6. The van der Waals surface area contributed by atoms with E-state index < -0.39 is 0 Å². The summed E-state index contributed by atoms with van der Waals surface area (Å²) >= 11 is 5.85. The van der Waals surface area contributed by atoms with Gasteiger partial charge in [-0.05, 0) is 18.2 Å². The zero-order valence-electron chi connectivity index (χ0n) is 10.4. The van der Waals surface area contributed by atoms with Gasteiger partial charge in [-0.25, -0.2) is 0 Å². The summed E-state index contributed by atoms with van der Waals surface area (Å²) in [4.78, 5) is 4.05. The summed E-state index contributed by atoms with van der Waals surface area (Å²) in [5.74, 6) is 1.49. The molecule has 0 fully saturated rings. The van der Waals surface area contributed by atoms with Gasteiger partial charge in [0, 0.05) is 18.6 Å².